The fraction of sp³-hybridized carbons (Fsp3) is 0.583. The standard InChI is InChI=1S/C12H21N3O/c1-3-10(6-7-16)8-14-12-11(13)5-4-9(2)15-12/h4-5,10,16H,3,6-8,13H2,1-2H3,(H,14,15). The summed E-state index contributed by atoms with van der Waals surface area (Å²) in [5.41, 5.74) is 7.44. The Labute approximate surface area is 96.9 Å². The van der Waals surface area contributed by atoms with Gasteiger partial charge >= 0.3 is 0 Å². The first-order chi connectivity index (χ1) is 7.67. The number of aliphatic hydroxyl groups excluding tert-OH is 1. The Kier molecular flexibility index (Phi) is 5.05. The van der Waals surface area contributed by atoms with Crippen LogP contribution in [0.1, 0.15) is 25.5 Å². The van der Waals surface area contributed by atoms with E-state index in [0.717, 1.165) is 30.9 Å². The number of pyridine rings is 1. The number of rotatable bonds is 6. The van der Waals surface area contributed by atoms with Crippen LogP contribution in [0.4, 0.5) is 11.5 Å². The molecule has 4 nitrogen and oxygen atoms in total. The second-order valence-electron chi connectivity index (χ2n) is 4.06. The normalized spacial score (nSPS) is 12.4. The van der Waals surface area contributed by atoms with Crippen molar-refractivity contribution in [3.8, 4) is 0 Å². The van der Waals surface area contributed by atoms with Crippen molar-refractivity contribution < 1.29 is 5.11 Å². The van der Waals surface area contributed by atoms with Crippen molar-refractivity contribution in [1.29, 1.82) is 0 Å². The van der Waals surface area contributed by atoms with Gasteiger partial charge in [-0.1, -0.05) is 13.3 Å². The molecule has 90 valence electrons. The van der Waals surface area contributed by atoms with Crippen LogP contribution in [0.3, 0.4) is 0 Å². The number of anilines is 2. The van der Waals surface area contributed by atoms with Crippen LogP contribution >= 0.6 is 0 Å². The van der Waals surface area contributed by atoms with Gasteiger partial charge in [0.05, 0.1) is 5.69 Å². The molecule has 0 bridgehead atoms. The van der Waals surface area contributed by atoms with Crippen LogP contribution in [0.5, 0.6) is 0 Å². The molecular weight excluding hydrogens is 202 g/mol. The molecular formula is C12H21N3O. The van der Waals surface area contributed by atoms with Gasteiger partial charge in [0.25, 0.3) is 0 Å². The van der Waals surface area contributed by atoms with E-state index in [1.807, 2.05) is 19.1 Å². The molecule has 0 aliphatic carbocycles. The fourth-order valence-corrected chi connectivity index (χ4v) is 1.58. The molecule has 1 unspecified atom stereocenters. The Morgan fingerprint density at radius 2 is 2.25 bits per heavy atom. The minimum Gasteiger partial charge on any atom is -0.396 e. The van der Waals surface area contributed by atoms with E-state index in [4.69, 9.17) is 10.8 Å². The molecule has 0 aliphatic heterocycles. The van der Waals surface area contributed by atoms with Crippen LogP contribution in [0.25, 0.3) is 0 Å². The minimum atomic E-state index is 0.233. The average molecular weight is 223 g/mol. The van der Waals surface area contributed by atoms with Gasteiger partial charge in [0, 0.05) is 18.8 Å². The van der Waals surface area contributed by atoms with Crippen molar-refractivity contribution in [3.05, 3.63) is 17.8 Å². The highest BCUT2D eigenvalue weighted by Crippen LogP contribution is 2.17. The first-order valence-electron chi connectivity index (χ1n) is 5.75. The molecule has 1 aromatic rings. The molecule has 1 aromatic heterocycles. The summed E-state index contributed by atoms with van der Waals surface area (Å²) in [5, 5.41) is 12.1. The van der Waals surface area contributed by atoms with E-state index in [2.05, 4.69) is 17.2 Å². The molecule has 0 spiro atoms. The first-order valence-corrected chi connectivity index (χ1v) is 5.75. The number of hydrogen-bond donors (Lipinski definition) is 3. The Hall–Kier alpha value is -1.29. The number of nitrogens with two attached hydrogens (primary N) is 1. The number of aliphatic hydroxyl groups is 1. The number of nitrogens with zero attached hydrogens (tertiary/aromatic N) is 1. The molecule has 16 heavy (non-hydrogen) atoms. The summed E-state index contributed by atoms with van der Waals surface area (Å²) in [6.07, 6.45) is 1.86. The third-order valence-corrected chi connectivity index (χ3v) is 2.74. The lowest BCUT2D eigenvalue weighted by Crippen LogP contribution is -2.16. The van der Waals surface area contributed by atoms with Gasteiger partial charge in [-0.05, 0) is 31.4 Å². The molecule has 0 fully saturated rings. The summed E-state index contributed by atoms with van der Waals surface area (Å²) in [5.74, 6) is 1.21. The highest BCUT2D eigenvalue weighted by atomic mass is 16.3. The molecule has 4 N–H and O–H groups in total. The lowest BCUT2D eigenvalue weighted by molar-refractivity contribution is 0.258. The van der Waals surface area contributed by atoms with Gasteiger partial charge in [-0.3, -0.25) is 0 Å². The lowest BCUT2D eigenvalue weighted by Gasteiger charge is -2.15. The lowest BCUT2D eigenvalue weighted by atomic mass is 10.0. The number of hydrogen-bond acceptors (Lipinski definition) is 4. The van der Waals surface area contributed by atoms with Gasteiger partial charge in [-0.2, -0.15) is 0 Å². The summed E-state index contributed by atoms with van der Waals surface area (Å²) in [6, 6.07) is 3.75. The molecule has 0 saturated carbocycles. The molecule has 0 radical (unpaired) electrons. The van der Waals surface area contributed by atoms with Crippen LogP contribution in [-0.4, -0.2) is 23.2 Å². The van der Waals surface area contributed by atoms with E-state index in [-0.39, 0.29) is 6.61 Å². The van der Waals surface area contributed by atoms with E-state index in [9.17, 15) is 0 Å². The number of nitrogen functional groups attached to an aromatic ring is 1. The van der Waals surface area contributed by atoms with Crippen LogP contribution in [0, 0.1) is 12.8 Å². The van der Waals surface area contributed by atoms with Crippen LogP contribution in [0.15, 0.2) is 12.1 Å². The fourth-order valence-electron chi connectivity index (χ4n) is 1.58. The van der Waals surface area contributed by atoms with Gasteiger partial charge < -0.3 is 16.2 Å². The van der Waals surface area contributed by atoms with E-state index in [1.165, 1.54) is 0 Å². The van der Waals surface area contributed by atoms with Crippen LogP contribution in [-0.2, 0) is 0 Å². The second-order valence-corrected chi connectivity index (χ2v) is 4.06. The number of aromatic nitrogens is 1. The zero-order valence-electron chi connectivity index (χ0n) is 10.0. The minimum absolute atomic E-state index is 0.233. The van der Waals surface area contributed by atoms with Gasteiger partial charge in [-0.15, -0.1) is 0 Å². The van der Waals surface area contributed by atoms with E-state index in [0.29, 0.717) is 11.6 Å². The third-order valence-electron chi connectivity index (χ3n) is 2.74. The van der Waals surface area contributed by atoms with Crippen molar-refractivity contribution >= 4 is 11.5 Å². The quantitative estimate of drug-likeness (QED) is 0.687. The smallest absolute Gasteiger partial charge is 0.149 e. The average Bonchev–Trinajstić information content (AvgIpc) is 2.28. The second kappa shape index (κ2) is 6.33. The predicted octanol–water partition coefficient (Wildman–Crippen LogP) is 1.79. The SMILES string of the molecule is CCC(CCO)CNc1nc(C)ccc1N. The molecule has 0 amide bonds. The summed E-state index contributed by atoms with van der Waals surface area (Å²) in [4.78, 5) is 4.34. The van der Waals surface area contributed by atoms with Crippen LogP contribution < -0.4 is 11.1 Å². The van der Waals surface area contributed by atoms with Crippen molar-refractivity contribution in [2.75, 3.05) is 24.2 Å². The molecule has 0 saturated heterocycles. The van der Waals surface area contributed by atoms with Crippen molar-refractivity contribution in [1.82, 2.24) is 4.98 Å². The molecule has 0 aromatic carbocycles. The summed E-state index contributed by atoms with van der Waals surface area (Å²) < 4.78 is 0. The number of nitrogens with one attached hydrogen (secondary N) is 1. The molecule has 4 heteroatoms. The Balaban J connectivity index is 2.55. The van der Waals surface area contributed by atoms with E-state index >= 15 is 0 Å². The highest BCUT2D eigenvalue weighted by molar-refractivity contribution is 5.61. The maximum absolute atomic E-state index is 8.90. The Bertz CT molecular complexity index is 328. The Morgan fingerprint density at radius 3 is 2.88 bits per heavy atom. The summed E-state index contributed by atoms with van der Waals surface area (Å²) in [7, 11) is 0. The molecule has 1 atom stereocenters. The monoisotopic (exact) mass is 223 g/mol. The first kappa shape index (κ1) is 12.8. The Morgan fingerprint density at radius 1 is 1.50 bits per heavy atom. The molecule has 0 aliphatic rings. The van der Waals surface area contributed by atoms with E-state index < -0.39 is 0 Å². The van der Waals surface area contributed by atoms with Crippen molar-refractivity contribution in [2.24, 2.45) is 5.92 Å². The third kappa shape index (κ3) is 3.70. The van der Waals surface area contributed by atoms with Gasteiger partial charge in [0.1, 0.15) is 5.82 Å². The summed E-state index contributed by atoms with van der Waals surface area (Å²) >= 11 is 0. The maximum atomic E-state index is 8.90. The van der Waals surface area contributed by atoms with Gasteiger partial charge in [-0.25, -0.2) is 4.98 Å². The van der Waals surface area contributed by atoms with Crippen molar-refractivity contribution in [2.45, 2.75) is 26.7 Å². The topological polar surface area (TPSA) is 71.2 Å². The zero-order valence-corrected chi connectivity index (χ0v) is 10.0. The molecule has 1 rings (SSSR count). The maximum Gasteiger partial charge on any atom is 0.149 e. The predicted molar refractivity (Wildman–Crippen MR) is 67.4 cm³/mol. The van der Waals surface area contributed by atoms with Crippen molar-refractivity contribution in [3.63, 3.8) is 0 Å². The highest BCUT2D eigenvalue weighted by Gasteiger charge is 2.07. The van der Waals surface area contributed by atoms with Gasteiger partial charge in [0.2, 0.25) is 0 Å². The van der Waals surface area contributed by atoms with Gasteiger partial charge in [0.15, 0.2) is 0 Å². The summed E-state index contributed by atoms with van der Waals surface area (Å²) in [6.45, 7) is 5.10. The zero-order chi connectivity index (χ0) is 12.0. The van der Waals surface area contributed by atoms with Crippen LogP contribution in [0.2, 0.25) is 0 Å². The van der Waals surface area contributed by atoms with E-state index in [1.54, 1.807) is 0 Å². The molecule has 1 heterocycles. The number of aryl methyl sites for hydroxylation is 1. The largest absolute Gasteiger partial charge is 0.396 e.